The molecule has 1 amide bonds. The molecule has 1 aliphatic carbocycles. The molecule has 2 aliphatic rings. The van der Waals surface area contributed by atoms with Crippen LogP contribution in [-0.2, 0) is 14.8 Å². The summed E-state index contributed by atoms with van der Waals surface area (Å²) in [5, 5.41) is 12.5. The van der Waals surface area contributed by atoms with Crippen molar-refractivity contribution in [3.05, 3.63) is 29.8 Å². The minimum absolute atomic E-state index is 0.0199. The van der Waals surface area contributed by atoms with E-state index in [-0.39, 0.29) is 31.1 Å². The number of benzene rings is 1. The molecule has 27 heavy (non-hydrogen) atoms. The summed E-state index contributed by atoms with van der Waals surface area (Å²) in [6.45, 7) is 0.108. The van der Waals surface area contributed by atoms with E-state index in [1.165, 1.54) is 0 Å². The average molecular weight is 402 g/mol. The number of carbonyl (C=O) groups excluding carboxylic acids is 1. The Balaban J connectivity index is 1.68. The number of piperidine rings is 1. The second kappa shape index (κ2) is 8.20. The van der Waals surface area contributed by atoms with Gasteiger partial charge in [0, 0.05) is 19.1 Å². The lowest BCUT2D eigenvalue weighted by Gasteiger charge is -2.33. The first-order valence-corrected chi connectivity index (χ1v) is 10.6. The van der Waals surface area contributed by atoms with E-state index >= 15 is 0 Å². The van der Waals surface area contributed by atoms with Crippen LogP contribution in [0, 0.1) is 17.6 Å². The Morgan fingerprint density at radius 2 is 1.85 bits per heavy atom. The Bertz CT molecular complexity index is 795. The molecule has 0 radical (unpaired) electrons. The lowest BCUT2D eigenvalue weighted by Crippen LogP contribution is -2.48. The SMILES string of the molecule is O=C(NC1CCC(O)CC1)C1CCCN(S(=O)(=O)c2cc(F)ccc2F)C1. The molecule has 6 nitrogen and oxygen atoms in total. The Labute approximate surface area is 157 Å². The number of nitrogens with zero attached hydrogens (tertiary/aromatic N) is 1. The van der Waals surface area contributed by atoms with Gasteiger partial charge in [-0.1, -0.05) is 0 Å². The smallest absolute Gasteiger partial charge is 0.246 e. The van der Waals surface area contributed by atoms with E-state index in [4.69, 9.17) is 0 Å². The normalized spacial score (nSPS) is 27.3. The van der Waals surface area contributed by atoms with Gasteiger partial charge in [0.1, 0.15) is 16.5 Å². The van der Waals surface area contributed by atoms with Crippen molar-refractivity contribution in [2.24, 2.45) is 5.92 Å². The first-order chi connectivity index (χ1) is 12.8. The summed E-state index contributed by atoms with van der Waals surface area (Å²) in [7, 11) is -4.22. The van der Waals surface area contributed by atoms with Crippen molar-refractivity contribution >= 4 is 15.9 Å². The van der Waals surface area contributed by atoms with Crippen molar-refractivity contribution in [2.45, 2.75) is 55.6 Å². The molecule has 1 atom stereocenters. The third-order valence-corrected chi connectivity index (χ3v) is 7.19. The van der Waals surface area contributed by atoms with Crippen LogP contribution in [0.2, 0.25) is 0 Å². The van der Waals surface area contributed by atoms with E-state index in [2.05, 4.69) is 5.32 Å². The maximum Gasteiger partial charge on any atom is 0.246 e. The van der Waals surface area contributed by atoms with Gasteiger partial charge in [-0.25, -0.2) is 17.2 Å². The fraction of sp³-hybridized carbons (Fsp3) is 0.611. The molecule has 2 N–H and O–H groups in total. The number of hydrogen-bond acceptors (Lipinski definition) is 4. The zero-order valence-corrected chi connectivity index (χ0v) is 15.7. The summed E-state index contributed by atoms with van der Waals surface area (Å²) < 4.78 is 53.8. The van der Waals surface area contributed by atoms with Crippen LogP contribution in [0.1, 0.15) is 38.5 Å². The van der Waals surface area contributed by atoms with E-state index in [0.717, 1.165) is 16.4 Å². The number of aliphatic hydroxyl groups excluding tert-OH is 1. The first-order valence-electron chi connectivity index (χ1n) is 9.21. The molecular weight excluding hydrogens is 378 g/mol. The topological polar surface area (TPSA) is 86.7 Å². The van der Waals surface area contributed by atoms with Crippen molar-refractivity contribution in [1.82, 2.24) is 9.62 Å². The number of hydrogen-bond donors (Lipinski definition) is 2. The molecule has 1 heterocycles. The molecule has 1 saturated carbocycles. The second-order valence-electron chi connectivity index (χ2n) is 7.29. The van der Waals surface area contributed by atoms with Crippen LogP contribution in [0.3, 0.4) is 0 Å². The second-order valence-corrected chi connectivity index (χ2v) is 9.20. The molecule has 150 valence electrons. The Kier molecular flexibility index (Phi) is 6.12. The summed E-state index contributed by atoms with van der Waals surface area (Å²) in [5.41, 5.74) is 0. The van der Waals surface area contributed by atoms with Gasteiger partial charge in [-0.2, -0.15) is 4.31 Å². The van der Waals surface area contributed by atoms with Crippen LogP contribution in [0.5, 0.6) is 0 Å². The number of rotatable bonds is 4. The van der Waals surface area contributed by atoms with Gasteiger partial charge in [0.25, 0.3) is 0 Å². The van der Waals surface area contributed by atoms with Crippen molar-refractivity contribution < 1.29 is 27.1 Å². The van der Waals surface area contributed by atoms with Gasteiger partial charge in [-0.15, -0.1) is 0 Å². The Morgan fingerprint density at radius 3 is 2.56 bits per heavy atom. The van der Waals surface area contributed by atoms with Crippen LogP contribution in [0.25, 0.3) is 0 Å². The summed E-state index contributed by atoms with van der Waals surface area (Å²) in [4.78, 5) is 11.8. The van der Waals surface area contributed by atoms with E-state index in [1.807, 2.05) is 0 Å². The maximum atomic E-state index is 13.9. The Hall–Kier alpha value is -1.58. The van der Waals surface area contributed by atoms with Crippen LogP contribution < -0.4 is 5.32 Å². The van der Waals surface area contributed by atoms with Crippen molar-refractivity contribution in [1.29, 1.82) is 0 Å². The zero-order valence-electron chi connectivity index (χ0n) is 14.9. The molecule has 1 aromatic carbocycles. The fourth-order valence-electron chi connectivity index (χ4n) is 3.73. The van der Waals surface area contributed by atoms with Gasteiger partial charge in [0.15, 0.2) is 0 Å². The molecule has 9 heteroatoms. The minimum Gasteiger partial charge on any atom is -0.393 e. The van der Waals surface area contributed by atoms with Gasteiger partial charge in [-0.3, -0.25) is 4.79 Å². The zero-order chi connectivity index (χ0) is 19.6. The standard InChI is InChI=1S/C18H24F2N2O4S/c19-13-3-8-16(20)17(10-13)27(25,26)22-9-1-2-12(11-22)18(24)21-14-4-6-15(23)7-5-14/h3,8,10,12,14-15,23H,1-2,4-7,9,11H2,(H,21,24). The van der Waals surface area contributed by atoms with E-state index < -0.39 is 32.5 Å². The third kappa shape index (κ3) is 4.64. The van der Waals surface area contributed by atoms with Gasteiger partial charge in [0.2, 0.25) is 15.9 Å². The van der Waals surface area contributed by atoms with E-state index in [0.29, 0.717) is 44.6 Å². The van der Waals surface area contributed by atoms with Gasteiger partial charge in [-0.05, 0) is 56.7 Å². The molecule has 1 unspecified atom stereocenters. The maximum absolute atomic E-state index is 13.9. The summed E-state index contributed by atoms with van der Waals surface area (Å²) in [5.74, 6) is -2.60. The van der Waals surface area contributed by atoms with Crippen LogP contribution >= 0.6 is 0 Å². The molecule has 2 fully saturated rings. The molecule has 3 rings (SSSR count). The number of aliphatic hydroxyl groups is 1. The average Bonchev–Trinajstić information content (AvgIpc) is 2.65. The highest BCUT2D eigenvalue weighted by molar-refractivity contribution is 7.89. The Morgan fingerprint density at radius 1 is 1.15 bits per heavy atom. The van der Waals surface area contributed by atoms with Crippen LogP contribution in [0.4, 0.5) is 8.78 Å². The van der Waals surface area contributed by atoms with E-state index in [9.17, 15) is 27.1 Å². The highest BCUT2D eigenvalue weighted by atomic mass is 32.2. The van der Waals surface area contributed by atoms with Gasteiger partial charge < -0.3 is 10.4 Å². The minimum atomic E-state index is -4.22. The van der Waals surface area contributed by atoms with Crippen molar-refractivity contribution in [2.75, 3.05) is 13.1 Å². The lowest BCUT2D eigenvalue weighted by atomic mass is 9.92. The van der Waals surface area contributed by atoms with Crippen molar-refractivity contribution in [3.63, 3.8) is 0 Å². The number of carbonyl (C=O) groups is 1. The highest BCUT2D eigenvalue weighted by Gasteiger charge is 2.35. The quantitative estimate of drug-likeness (QED) is 0.804. The monoisotopic (exact) mass is 402 g/mol. The molecule has 1 aromatic rings. The third-order valence-electron chi connectivity index (χ3n) is 5.31. The molecule has 0 spiro atoms. The molecule has 1 aliphatic heterocycles. The van der Waals surface area contributed by atoms with Crippen LogP contribution in [0.15, 0.2) is 23.1 Å². The molecule has 0 bridgehead atoms. The number of nitrogens with one attached hydrogen (secondary N) is 1. The predicted octanol–water partition coefficient (Wildman–Crippen LogP) is 1.79. The largest absolute Gasteiger partial charge is 0.393 e. The highest BCUT2D eigenvalue weighted by Crippen LogP contribution is 2.27. The molecule has 1 saturated heterocycles. The predicted molar refractivity (Wildman–Crippen MR) is 94.2 cm³/mol. The summed E-state index contributed by atoms with van der Waals surface area (Å²) in [6.07, 6.45) is 3.33. The number of amides is 1. The lowest BCUT2D eigenvalue weighted by molar-refractivity contribution is -0.127. The summed E-state index contributed by atoms with van der Waals surface area (Å²) in [6, 6.07) is 2.30. The molecule has 0 aromatic heterocycles. The fourth-order valence-corrected chi connectivity index (χ4v) is 5.33. The van der Waals surface area contributed by atoms with Crippen molar-refractivity contribution in [3.8, 4) is 0 Å². The number of halogens is 2. The van der Waals surface area contributed by atoms with E-state index in [1.54, 1.807) is 0 Å². The van der Waals surface area contributed by atoms with Crippen LogP contribution in [-0.4, -0.2) is 49.0 Å². The van der Waals surface area contributed by atoms with Gasteiger partial charge >= 0.3 is 0 Å². The van der Waals surface area contributed by atoms with Gasteiger partial charge in [0.05, 0.1) is 12.0 Å². The first kappa shape index (κ1) is 20.2. The number of sulfonamides is 1. The summed E-state index contributed by atoms with van der Waals surface area (Å²) >= 11 is 0. The molecular formula is C18H24F2N2O4S.